The molecule has 2 aromatic rings. The monoisotopic (exact) mass is 507 g/mol. The van der Waals surface area contributed by atoms with Crippen molar-refractivity contribution in [2.45, 2.75) is 13.0 Å². The number of nitrogens with one attached hydrogen (secondary N) is 1. The Hall–Kier alpha value is -1.49. The largest absolute Gasteiger partial charge is 0.490 e. The molecule has 0 aliphatic carbocycles. The van der Waals surface area contributed by atoms with Crippen molar-refractivity contribution in [3.8, 4) is 11.5 Å². The van der Waals surface area contributed by atoms with E-state index in [1.807, 2.05) is 24.4 Å². The Morgan fingerprint density at radius 2 is 2.12 bits per heavy atom. The van der Waals surface area contributed by atoms with E-state index in [4.69, 9.17) is 15.2 Å². The van der Waals surface area contributed by atoms with Gasteiger partial charge in [0, 0.05) is 24.4 Å². The Morgan fingerprint density at radius 1 is 1.33 bits per heavy atom. The molecule has 0 spiro atoms. The molecule has 130 valence electrons. The van der Waals surface area contributed by atoms with Crippen molar-refractivity contribution in [1.82, 2.24) is 9.78 Å². The Bertz CT molecular complexity index is 707. The van der Waals surface area contributed by atoms with Crippen molar-refractivity contribution in [1.29, 1.82) is 0 Å². The number of aliphatic imine (C=N–C) groups is 1. The van der Waals surface area contributed by atoms with Gasteiger partial charge in [-0.3, -0.25) is 9.67 Å². The van der Waals surface area contributed by atoms with Crippen LogP contribution in [0.1, 0.15) is 6.42 Å². The first-order chi connectivity index (χ1) is 11.2. The van der Waals surface area contributed by atoms with Gasteiger partial charge >= 0.3 is 0 Å². The second kappa shape index (κ2) is 9.11. The fourth-order valence-electron chi connectivity index (χ4n) is 2.16. The highest BCUT2D eigenvalue weighted by Gasteiger charge is 2.10. The summed E-state index contributed by atoms with van der Waals surface area (Å²) in [6, 6.07) is 5.63. The third-order valence-corrected chi connectivity index (χ3v) is 3.64. The van der Waals surface area contributed by atoms with Gasteiger partial charge in [0.25, 0.3) is 0 Å². The Morgan fingerprint density at radius 3 is 2.88 bits per heavy atom. The molecule has 1 aliphatic rings. The van der Waals surface area contributed by atoms with Crippen LogP contribution in [-0.4, -0.2) is 35.5 Å². The summed E-state index contributed by atoms with van der Waals surface area (Å²) >= 11 is 3.35. The van der Waals surface area contributed by atoms with E-state index in [-0.39, 0.29) is 24.0 Å². The number of halogens is 2. The number of hydrogen-bond acceptors (Lipinski definition) is 4. The number of benzene rings is 1. The number of nitrogens with two attached hydrogens (primary N) is 1. The van der Waals surface area contributed by atoms with Gasteiger partial charge in [0.15, 0.2) is 17.5 Å². The highest BCUT2D eigenvalue weighted by molar-refractivity contribution is 14.0. The van der Waals surface area contributed by atoms with Crippen LogP contribution in [0.25, 0.3) is 0 Å². The third kappa shape index (κ3) is 5.26. The number of nitrogens with zero attached hydrogens (tertiary/aromatic N) is 3. The SMILES string of the molecule is I.NC(=NCCn1cc(Br)cn1)Nc1ccc2c(c1)OCCCO2. The lowest BCUT2D eigenvalue weighted by Crippen LogP contribution is -2.23. The number of anilines is 1. The molecule has 1 aliphatic heterocycles. The standard InChI is InChI=1S/C15H18BrN5O2.HI/c16-11-9-19-21(10-11)5-4-18-15(17)20-12-2-3-13-14(8-12)23-7-1-6-22-13;/h2-3,8-10H,1,4-7H2,(H3,17,18,20);1H. The lowest BCUT2D eigenvalue weighted by molar-refractivity contribution is 0.297. The Labute approximate surface area is 165 Å². The molecule has 1 aromatic carbocycles. The molecule has 7 nitrogen and oxygen atoms in total. The van der Waals surface area contributed by atoms with Gasteiger partial charge in [0.05, 0.1) is 37.0 Å². The molecule has 0 atom stereocenters. The van der Waals surface area contributed by atoms with E-state index < -0.39 is 0 Å². The van der Waals surface area contributed by atoms with E-state index in [1.165, 1.54) is 0 Å². The van der Waals surface area contributed by atoms with Gasteiger partial charge in [-0.05, 0) is 28.1 Å². The molecule has 3 N–H and O–H groups in total. The highest BCUT2D eigenvalue weighted by atomic mass is 127. The molecule has 9 heteroatoms. The maximum atomic E-state index is 5.91. The van der Waals surface area contributed by atoms with Crippen LogP contribution in [0, 0.1) is 0 Å². The van der Waals surface area contributed by atoms with Gasteiger partial charge < -0.3 is 20.5 Å². The van der Waals surface area contributed by atoms with E-state index in [9.17, 15) is 0 Å². The molecular weight excluding hydrogens is 489 g/mol. The Kier molecular flexibility index (Phi) is 7.16. The van der Waals surface area contributed by atoms with Crippen LogP contribution < -0.4 is 20.5 Å². The number of rotatable bonds is 4. The first kappa shape index (κ1) is 18.8. The average Bonchev–Trinajstić information content (AvgIpc) is 2.81. The minimum atomic E-state index is 0. The summed E-state index contributed by atoms with van der Waals surface area (Å²) in [5.74, 6) is 1.83. The predicted molar refractivity (Wildman–Crippen MR) is 108 cm³/mol. The minimum absolute atomic E-state index is 0. The molecular formula is C15H19BrIN5O2. The van der Waals surface area contributed by atoms with Crippen LogP contribution in [0.4, 0.5) is 5.69 Å². The smallest absolute Gasteiger partial charge is 0.193 e. The molecule has 0 saturated heterocycles. The van der Waals surface area contributed by atoms with E-state index in [0.717, 1.165) is 28.1 Å². The quantitative estimate of drug-likeness (QED) is 0.377. The maximum Gasteiger partial charge on any atom is 0.193 e. The lowest BCUT2D eigenvalue weighted by atomic mass is 10.3. The van der Waals surface area contributed by atoms with E-state index >= 15 is 0 Å². The van der Waals surface area contributed by atoms with E-state index in [1.54, 1.807) is 10.9 Å². The van der Waals surface area contributed by atoms with Gasteiger partial charge in [-0.1, -0.05) is 0 Å². The summed E-state index contributed by atoms with van der Waals surface area (Å²) in [6.45, 7) is 2.53. The molecule has 0 bridgehead atoms. The molecule has 0 amide bonds. The molecule has 0 radical (unpaired) electrons. The zero-order valence-corrected chi connectivity index (χ0v) is 16.9. The second-order valence-corrected chi connectivity index (χ2v) is 5.94. The first-order valence-corrected chi connectivity index (χ1v) is 8.14. The number of hydrogen-bond donors (Lipinski definition) is 2. The maximum absolute atomic E-state index is 5.91. The van der Waals surface area contributed by atoms with Gasteiger partial charge in [-0.15, -0.1) is 24.0 Å². The van der Waals surface area contributed by atoms with Crippen LogP contribution in [0.5, 0.6) is 11.5 Å². The second-order valence-electron chi connectivity index (χ2n) is 5.03. The molecule has 24 heavy (non-hydrogen) atoms. The van der Waals surface area contributed by atoms with Crippen molar-refractivity contribution in [3.63, 3.8) is 0 Å². The van der Waals surface area contributed by atoms with Crippen LogP contribution >= 0.6 is 39.9 Å². The molecule has 3 rings (SSSR count). The Balaban J connectivity index is 0.00000208. The van der Waals surface area contributed by atoms with Gasteiger partial charge in [0.2, 0.25) is 0 Å². The summed E-state index contributed by atoms with van der Waals surface area (Å²) in [6.07, 6.45) is 4.51. The first-order valence-electron chi connectivity index (χ1n) is 7.35. The van der Waals surface area contributed by atoms with Crippen molar-refractivity contribution in [3.05, 3.63) is 35.1 Å². The van der Waals surface area contributed by atoms with Crippen LogP contribution in [0.2, 0.25) is 0 Å². The van der Waals surface area contributed by atoms with Crippen LogP contribution in [-0.2, 0) is 6.54 Å². The van der Waals surface area contributed by atoms with Crippen molar-refractivity contribution < 1.29 is 9.47 Å². The normalized spacial score (nSPS) is 13.8. The van der Waals surface area contributed by atoms with Crippen LogP contribution in [0.3, 0.4) is 0 Å². The highest BCUT2D eigenvalue weighted by Crippen LogP contribution is 2.32. The summed E-state index contributed by atoms with van der Waals surface area (Å²) < 4.78 is 14.0. The van der Waals surface area contributed by atoms with Gasteiger partial charge in [-0.25, -0.2) is 0 Å². The lowest BCUT2D eigenvalue weighted by Gasteiger charge is -2.10. The minimum Gasteiger partial charge on any atom is -0.490 e. The fourth-order valence-corrected chi connectivity index (χ4v) is 2.49. The van der Waals surface area contributed by atoms with Gasteiger partial charge in [-0.2, -0.15) is 5.10 Å². The van der Waals surface area contributed by atoms with Crippen LogP contribution in [0.15, 0.2) is 40.1 Å². The van der Waals surface area contributed by atoms with Gasteiger partial charge in [0.1, 0.15) is 0 Å². The summed E-state index contributed by atoms with van der Waals surface area (Å²) in [4.78, 5) is 4.29. The van der Waals surface area contributed by atoms with Crippen molar-refractivity contribution >= 4 is 51.6 Å². The zero-order chi connectivity index (χ0) is 16.1. The number of fused-ring (bicyclic) bond motifs is 1. The molecule has 0 fully saturated rings. The molecule has 0 unspecified atom stereocenters. The molecule has 2 heterocycles. The number of guanidine groups is 1. The topological polar surface area (TPSA) is 86.7 Å². The van der Waals surface area contributed by atoms with Crippen molar-refractivity contribution in [2.24, 2.45) is 10.7 Å². The van der Waals surface area contributed by atoms with E-state index in [2.05, 4.69) is 31.3 Å². The third-order valence-electron chi connectivity index (χ3n) is 3.23. The fraction of sp³-hybridized carbons (Fsp3) is 0.333. The zero-order valence-electron chi connectivity index (χ0n) is 12.9. The average molecular weight is 508 g/mol. The number of ether oxygens (including phenoxy) is 2. The molecule has 1 aromatic heterocycles. The summed E-state index contributed by atoms with van der Waals surface area (Å²) in [5, 5.41) is 7.22. The van der Waals surface area contributed by atoms with Crippen molar-refractivity contribution in [2.75, 3.05) is 25.1 Å². The number of aromatic nitrogens is 2. The van der Waals surface area contributed by atoms with E-state index in [0.29, 0.717) is 32.3 Å². The predicted octanol–water partition coefficient (Wildman–Crippen LogP) is 2.85. The molecule has 0 saturated carbocycles. The summed E-state index contributed by atoms with van der Waals surface area (Å²) in [7, 11) is 0. The summed E-state index contributed by atoms with van der Waals surface area (Å²) in [5.41, 5.74) is 6.73.